The van der Waals surface area contributed by atoms with Gasteiger partial charge in [-0.05, 0) is 24.6 Å². The highest BCUT2D eigenvalue weighted by molar-refractivity contribution is 5.84. The molecule has 0 radical (unpaired) electrons. The van der Waals surface area contributed by atoms with Gasteiger partial charge >= 0.3 is 0 Å². The van der Waals surface area contributed by atoms with Crippen LogP contribution in [0.2, 0.25) is 0 Å². The Morgan fingerprint density at radius 1 is 1.10 bits per heavy atom. The topological polar surface area (TPSA) is 61.0 Å². The molecule has 3 rings (SSSR count). The van der Waals surface area contributed by atoms with Crippen LogP contribution in [0, 0.1) is 6.92 Å². The molecule has 0 atom stereocenters. The van der Waals surface area contributed by atoms with E-state index in [4.69, 9.17) is 10.5 Å². The number of nitrogens with two attached hydrogens (primary N) is 1. The van der Waals surface area contributed by atoms with Crippen molar-refractivity contribution in [2.24, 2.45) is 5.73 Å². The second-order valence-electron chi connectivity index (χ2n) is 4.53. The summed E-state index contributed by atoms with van der Waals surface area (Å²) in [6.07, 6.45) is 1.76. The van der Waals surface area contributed by atoms with Crippen molar-refractivity contribution in [2.75, 3.05) is 0 Å². The Morgan fingerprint density at radius 3 is 2.75 bits per heavy atom. The lowest BCUT2D eigenvalue weighted by atomic mass is 10.2. The van der Waals surface area contributed by atoms with Crippen LogP contribution in [0.1, 0.15) is 11.3 Å². The fourth-order valence-corrected chi connectivity index (χ4v) is 2.11. The van der Waals surface area contributed by atoms with Crippen molar-refractivity contribution in [3.63, 3.8) is 0 Å². The third kappa shape index (κ3) is 2.33. The van der Waals surface area contributed by atoms with E-state index in [1.54, 1.807) is 6.20 Å². The van der Waals surface area contributed by atoms with Gasteiger partial charge in [-0.2, -0.15) is 0 Å². The highest BCUT2D eigenvalue weighted by atomic mass is 16.5. The highest BCUT2D eigenvalue weighted by Gasteiger charge is 2.06. The Morgan fingerprint density at radius 2 is 1.95 bits per heavy atom. The van der Waals surface area contributed by atoms with Crippen molar-refractivity contribution in [3.8, 4) is 11.6 Å². The molecule has 2 heterocycles. The summed E-state index contributed by atoms with van der Waals surface area (Å²) in [6.45, 7) is 2.41. The number of rotatable bonds is 3. The number of fused-ring (bicyclic) bond motifs is 1. The summed E-state index contributed by atoms with van der Waals surface area (Å²) >= 11 is 0. The maximum atomic E-state index is 5.86. The van der Waals surface area contributed by atoms with Gasteiger partial charge in [0.1, 0.15) is 5.52 Å². The van der Waals surface area contributed by atoms with Gasteiger partial charge in [-0.25, -0.2) is 4.98 Å². The molecular formula is C16H15N3O. The smallest absolute Gasteiger partial charge is 0.219 e. The fraction of sp³-hybridized carbons (Fsp3) is 0.125. The number of nitrogens with zero attached hydrogens (tertiary/aromatic N) is 2. The predicted molar refractivity (Wildman–Crippen MR) is 78.7 cm³/mol. The molecule has 100 valence electrons. The molecular weight excluding hydrogens is 250 g/mol. The Hall–Kier alpha value is -2.46. The van der Waals surface area contributed by atoms with Crippen LogP contribution in [0.4, 0.5) is 0 Å². The summed E-state index contributed by atoms with van der Waals surface area (Å²) < 4.78 is 5.86. The first-order valence-corrected chi connectivity index (χ1v) is 6.46. The molecule has 4 heteroatoms. The summed E-state index contributed by atoms with van der Waals surface area (Å²) in [6, 6.07) is 13.5. The first kappa shape index (κ1) is 12.6. The minimum Gasteiger partial charge on any atom is -0.437 e. The summed E-state index contributed by atoms with van der Waals surface area (Å²) in [4.78, 5) is 8.78. The Balaban J connectivity index is 1.99. The zero-order chi connectivity index (χ0) is 13.9. The number of pyridine rings is 2. The first-order chi connectivity index (χ1) is 9.78. The zero-order valence-corrected chi connectivity index (χ0v) is 11.2. The van der Waals surface area contributed by atoms with E-state index in [-0.39, 0.29) is 0 Å². The number of ether oxygens (including phenoxy) is 1. The summed E-state index contributed by atoms with van der Waals surface area (Å²) in [5.74, 6) is 1.26. The lowest BCUT2D eigenvalue weighted by molar-refractivity contribution is 0.465. The molecule has 0 amide bonds. The second kappa shape index (κ2) is 5.27. The van der Waals surface area contributed by atoms with Gasteiger partial charge in [0.15, 0.2) is 5.75 Å². The molecule has 0 aliphatic carbocycles. The van der Waals surface area contributed by atoms with E-state index in [9.17, 15) is 0 Å². The van der Waals surface area contributed by atoms with Crippen LogP contribution in [0.5, 0.6) is 11.6 Å². The van der Waals surface area contributed by atoms with Gasteiger partial charge in [0.05, 0.1) is 0 Å². The average molecular weight is 265 g/mol. The van der Waals surface area contributed by atoms with Gasteiger partial charge in [0.2, 0.25) is 5.88 Å². The standard InChI is InChI=1S/C16H15N3O/c1-11-13(10-17)7-8-15(19-11)20-14-6-2-4-12-5-3-9-18-16(12)14/h2-9H,10,17H2,1H3. The molecule has 1 aromatic carbocycles. The van der Waals surface area contributed by atoms with Crippen LogP contribution in [0.25, 0.3) is 10.9 Å². The Kier molecular flexibility index (Phi) is 3.31. The highest BCUT2D eigenvalue weighted by Crippen LogP contribution is 2.27. The molecule has 3 aromatic rings. The third-order valence-corrected chi connectivity index (χ3v) is 3.20. The minimum absolute atomic E-state index is 0.481. The summed E-state index contributed by atoms with van der Waals surface area (Å²) in [5.41, 5.74) is 8.38. The summed E-state index contributed by atoms with van der Waals surface area (Å²) in [7, 11) is 0. The van der Waals surface area contributed by atoms with Gasteiger partial charge in [-0.3, -0.25) is 4.98 Å². The molecule has 0 saturated carbocycles. The molecule has 0 aliphatic rings. The van der Waals surface area contributed by atoms with Gasteiger partial charge in [0.25, 0.3) is 0 Å². The lowest BCUT2D eigenvalue weighted by Crippen LogP contribution is -2.01. The second-order valence-corrected chi connectivity index (χ2v) is 4.53. The van der Waals surface area contributed by atoms with Crippen molar-refractivity contribution in [1.29, 1.82) is 0 Å². The molecule has 4 nitrogen and oxygen atoms in total. The van der Waals surface area contributed by atoms with Crippen molar-refractivity contribution in [1.82, 2.24) is 9.97 Å². The van der Waals surface area contributed by atoms with Gasteiger partial charge < -0.3 is 10.5 Å². The predicted octanol–water partition coefficient (Wildman–Crippen LogP) is 3.19. The maximum Gasteiger partial charge on any atom is 0.219 e. The molecule has 0 spiro atoms. The van der Waals surface area contributed by atoms with Crippen LogP contribution in [-0.2, 0) is 6.54 Å². The first-order valence-electron chi connectivity index (χ1n) is 6.46. The minimum atomic E-state index is 0.481. The molecule has 0 unspecified atom stereocenters. The summed E-state index contributed by atoms with van der Waals surface area (Å²) in [5, 5.41) is 1.04. The van der Waals surface area contributed by atoms with Crippen LogP contribution in [0.3, 0.4) is 0 Å². The number of para-hydroxylation sites is 1. The fourth-order valence-electron chi connectivity index (χ4n) is 2.11. The SMILES string of the molecule is Cc1nc(Oc2cccc3cccnc23)ccc1CN. The van der Waals surface area contributed by atoms with Crippen molar-refractivity contribution >= 4 is 10.9 Å². The largest absolute Gasteiger partial charge is 0.437 e. The molecule has 2 aromatic heterocycles. The molecule has 0 bridgehead atoms. The Labute approximate surface area is 117 Å². The van der Waals surface area contributed by atoms with E-state index < -0.39 is 0 Å². The van der Waals surface area contributed by atoms with Gasteiger partial charge in [0, 0.05) is 29.9 Å². The monoisotopic (exact) mass is 265 g/mol. The van der Waals surface area contributed by atoms with E-state index in [1.165, 1.54) is 0 Å². The van der Waals surface area contributed by atoms with E-state index >= 15 is 0 Å². The van der Waals surface area contributed by atoms with Crippen molar-refractivity contribution < 1.29 is 4.74 Å². The number of hydrogen-bond acceptors (Lipinski definition) is 4. The number of benzene rings is 1. The van der Waals surface area contributed by atoms with E-state index in [2.05, 4.69) is 9.97 Å². The molecule has 0 saturated heterocycles. The third-order valence-electron chi connectivity index (χ3n) is 3.20. The van der Waals surface area contributed by atoms with Crippen molar-refractivity contribution in [2.45, 2.75) is 13.5 Å². The number of aryl methyl sites for hydroxylation is 1. The van der Waals surface area contributed by atoms with Crippen LogP contribution in [-0.4, -0.2) is 9.97 Å². The number of hydrogen-bond donors (Lipinski definition) is 1. The molecule has 0 fully saturated rings. The van der Waals surface area contributed by atoms with Crippen LogP contribution < -0.4 is 10.5 Å². The average Bonchev–Trinajstić information content (AvgIpc) is 2.48. The van der Waals surface area contributed by atoms with E-state index in [0.29, 0.717) is 18.2 Å². The molecule has 0 aliphatic heterocycles. The molecule has 20 heavy (non-hydrogen) atoms. The zero-order valence-electron chi connectivity index (χ0n) is 11.2. The normalized spacial score (nSPS) is 10.7. The Bertz CT molecular complexity index is 750. The molecule has 2 N–H and O–H groups in total. The quantitative estimate of drug-likeness (QED) is 0.790. The maximum absolute atomic E-state index is 5.86. The number of aromatic nitrogens is 2. The lowest BCUT2D eigenvalue weighted by Gasteiger charge is -2.09. The van der Waals surface area contributed by atoms with Gasteiger partial charge in [-0.15, -0.1) is 0 Å². The van der Waals surface area contributed by atoms with Crippen LogP contribution >= 0.6 is 0 Å². The van der Waals surface area contributed by atoms with Crippen molar-refractivity contribution in [3.05, 3.63) is 59.9 Å². The van der Waals surface area contributed by atoms with Crippen LogP contribution in [0.15, 0.2) is 48.7 Å². The van der Waals surface area contributed by atoms with E-state index in [1.807, 2.05) is 49.4 Å². The van der Waals surface area contributed by atoms with Gasteiger partial charge in [-0.1, -0.05) is 24.3 Å². The van der Waals surface area contributed by atoms with E-state index in [0.717, 1.165) is 22.2 Å².